The van der Waals surface area contributed by atoms with Crippen molar-refractivity contribution in [1.29, 1.82) is 0 Å². The van der Waals surface area contributed by atoms with Crippen LogP contribution >= 0.6 is 0 Å². The summed E-state index contributed by atoms with van der Waals surface area (Å²) >= 11 is 0. The van der Waals surface area contributed by atoms with Gasteiger partial charge in [0.1, 0.15) is 6.10 Å². The van der Waals surface area contributed by atoms with Crippen LogP contribution in [0.3, 0.4) is 0 Å². The number of amides is 1. The van der Waals surface area contributed by atoms with E-state index < -0.39 is 0 Å². The van der Waals surface area contributed by atoms with E-state index in [1.807, 2.05) is 19.1 Å². The van der Waals surface area contributed by atoms with Crippen LogP contribution in [0.5, 0.6) is 0 Å². The van der Waals surface area contributed by atoms with Crippen molar-refractivity contribution < 1.29 is 14.3 Å². The first kappa shape index (κ1) is 14.8. The fourth-order valence-electron chi connectivity index (χ4n) is 3.00. The van der Waals surface area contributed by atoms with Crippen LogP contribution in [-0.4, -0.2) is 23.7 Å². The lowest BCUT2D eigenvalue weighted by atomic mass is 9.93. The predicted octanol–water partition coefficient (Wildman–Crippen LogP) is 2.65. The molecule has 0 aromatic heterocycles. The third-order valence-corrected chi connectivity index (χ3v) is 4.25. The second kappa shape index (κ2) is 6.30. The molecule has 1 aliphatic carbocycles. The number of nitrogens with one attached hydrogen (secondary N) is 1. The van der Waals surface area contributed by atoms with E-state index in [1.165, 1.54) is 0 Å². The SMILES string of the molecule is CC1CC(=O)NN=C1c1ccc(C(=O)OC2CCCC2)cc1. The van der Waals surface area contributed by atoms with Crippen LogP contribution in [0.25, 0.3) is 0 Å². The fraction of sp³-hybridized carbons (Fsp3) is 0.471. The first-order valence-electron chi connectivity index (χ1n) is 7.81. The standard InChI is InChI=1S/C17H20N2O3/c1-11-10-15(20)18-19-16(11)12-6-8-13(9-7-12)17(21)22-14-4-2-3-5-14/h6-9,11,14H,2-5,10H2,1H3,(H,18,20). The van der Waals surface area contributed by atoms with E-state index in [4.69, 9.17) is 4.74 Å². The second-order valence-electron chi connectivity index (χ2n) is 6.03. The van der Waals surface area contributed by atoms with Gasteiger partial charge < -0.3 is 4.74 Å². The van der Waals surface area contributed by atoms with E-state index in [2.05, 4.69) is 10.5 Å². The van der Waals surface area contributed by atoms with Gasteiger partial charge in [-0.1, -0.05) is 19.1 Å². The molecule has 1 N–H and O–H groups in total. The second-order valence-corrected chi connectivity index (χ2v) is 6.03. The van der Waals surface area contributed by atoms with Crippen LogP contribution in [0, 0.1) is 5.92 Å². The number of hydrazone groups is 1. The number of nitrogens with zero attached hydrogens (tertiary/aromatic N) is 1. The molecule has 5 nitrogen and oxygen atoms in total. The molecule has 1 aromatic rings. The molecule has 5 heteroatoms. The summed E-state index contributed by atoms with van der Waals surface area (Å²) < 4.78 is 5.49. The van der Waals surface area contributed by atoms with Gasteiger partial charge >= 0.3 is 5.97 Å². The molecule has 0 bridgehead atoms. The van der Waals surface area contributed by atoms with Crippen molar-refractivity contribution in [2.24, 2.45) is 11.0 Å². The zero-order valence-electron chi connectivity index (χ0n) is 12.7. The molecule has 1 aromatic carbocycles. The monoisotopic (exact) mass is 300 g/mol. The zero-order chi connectivity index (χ0) is 15.5. The Morgan fingerprint density at radius 3 is 2.55 bits per heavy atom. The van der Waals surface area contributed by atoms with Crippen molar-refractivity contribution in [3.8, 4) is 0 Å². The summed E-state index contributed by atoms with van der Waals surface area (Å²) in [6.45, 7) is 1.97. The predicted molar refractivity (Wildman–Crippen MR) is 82.6 cm³/mol. The summed E-state index contributed by atoms with van der Waals surface area (Å²) in [5, 5.41) is 4.12. The first-order valence-corrected chi connectivity index (χ1v) is 7.81. The van der Waals surface area contributed by atoms with Crippen molar-refractivity contribution in [2.75, 3.05) is 0 Å². The van der Waals surface area contributed by atoms with Crippen molar-refractivity contribution in [1.82, 2.24) is 5.43 Å². The Bertz CT molecular complexity index is 601. The third-order valence-electron chi connectivity index (χ3n) is 4.25. The van der Waals surface area contributed by atoms with Gasteiger partial charge in [0.05, 0.1) is 11.3 Å². The molecule has 0 saturated heterocycles. The number of carbonyl (C=O) groups excluding carboxylic acids is 2. The van der Waals surface area contributed by atoms with E-state index in [1.54, 1.807) is 12.1 Å². The molecular weight excluding hydrogens is 280 g/mol. The first-order chi connectivity index (χ1) is 10.6. The number of benzene rings is 1. The van der Waals surface area contributed by atoms with Crippen LogP contribution in [0.4, 0.5) is 0 Å². The number of carbonyl (C=O) groups is 2. The van der Waals surface area contributed by atoms with Gasteiger partial charge in [0.2, 0.25) is 5.91 Å². The normalized spacial score (nSPS) is 22.1. The molecule has 1 saturated carbocycles. The summed E-state index contributed by atoms with van der Waals surface area (Å²) in [5.41, 5.74) is 4.83. The zero-order valence-corrected chi connectivity index (χ0v) is 12.7. The van der Waals surface area contributed by atoms with Gasteiger partial charge in [-0.15, -0.1) is 0 Å². The Kier molecular flexibility index (Phi) is 4.22. The van der Waals surface area contributed by atoms with Crippen LogP contribution in [0.15, 0.2) is 29.4 Å². The highest BCUT2D eigenvalue weighted by molar-refractivity contribution is 6.06. The Hall–Kier alpha value is -2.17. The molecular formula is C17H20N2O3. The largest absolute Gasteiger partial charge is 0.459 e. The van der Waals surface area contributed by atoms with Crippen LogP contribution in [-0.2, 0) is 9.53 Å². The van der Waals surface area contributed by atoms with Gasteiger partial charge in [-0.25, -0.2) is 10.2 Å². The Morgan fingerprint density at radius 1 is 1.23 bits per heavy atom. The maximum Gasteiger partial charge on any atom is 0.338 e. The number of esters is 1. The molecule has 2 aliphatic rings. The van der Waals surface area contributed by atoms with Crippen molar-refractivity contribution >= 4 is 17.6 Å². The molecule has 1 atom stereocenters. The third kappa shape index (κ3) is 3.18. The molecule has 0 spiro atoms. The number of hydrogen-bond acceptors (Lipinski definition) is 4. The topological polar surface area (TPSA) is 67.8 Å². The van der Waals surface area contributed by atoms with E-state index in [9.17, 15) is 9.59 Å². The lowest BCUT2D eigenvalue weighted by Gasteiger charge is -2.19. The van der Waals surface area contributed by atoms with Crippen molar-refractivity contribution in [2.45, 2.75) is 45.1 Å². The van der Waals surface area contributed by atoms with Gasteiger partial charge in [-0.2, -0.15) is 5.10 Å². The average Bonchev–Trinajstić information content (AvgIpc) is 3.00. The van der Waals surface area contributed by atoms with Gasteiger partial charge in [-0.3, -0.25) is 4.79 Å². The smallest absolute Gasteiger partial charge is 0.338 e. The highest BCUT2D eigenvalue weighted by Crippen LogP contribution is 2.22. The Balaban J connectivity index is 1.69. The minimum Gasteiger partial charge on any atom is -0.459 e. The molecule has 0 radical (unpaired) electrons. The summed E-state index contributed by atoms with van der Waals surface area (Å²) in [6.07, 6.45) is 4.73. The molecule has 1 fully saturated rings. The van der Waals surface area contributed by atoms with Crippen LogP contribution in [0.1, 0.15) is 54.9 Å². The number of rotatable bonds is 3. The Morgan fingerprint density at radius 2 is 1.91 bits per heavy atom. The molecule has 1 aliphatic heterocycles. The summed E-state index contributed by atoms with van der Waals surface area (Å²) in [6, 6.07) is 7.24. The van der Waals surface area contributed by atoms with Crippen LogP contribution in [0.2, 0.25) is 0 Å². The molecule has 3 rings (SSSR count). The summed E-state index contributed by atoms with van der Waals surface area (Å²) in [4.78, 5) is 23.4. The fourth-order valence-corrected chi connectivity index (χ4v) is 3.00. The molecule has 1 unspecified atom stereocenters. The molecule has 22 heavy (non-hydrogen) atoms. The molecule has 1 amide bonds. The van der Waals surface area contributed by atoms with Gasteiger partial charge in [0.25, 0.3) is 0 Å². The minimum atomic E-state index is -0.259. The highest BCUT2D eigenvalue weighted by atomic mass is 16.5. The van der Waals surface area contributed by atoms with E-state index >= 15 is 0 Å². The van der Waals surface area contributed by atoms with Crippen LogP contribution < -0.4 is 5.43 Å². The lowest BCUT2D eigenvalue weighted by molar-refractivity contribution is -0.121. The van der Waals surface area contributed by atoms with E-state index in [-0.39, 0.29) is 23.9 Å². The van der Waals surface area contributed by atoms with E-state index in [0.29, 0.717) is 12.0 Å². The maximum absolute atomic E-state index is 12.1. The van der Waals surface area contributed by atoms with Crippen molar-refractivity contribution in [3.63, 3.8) is 0 Å². The maximum atomic E-state index is 12.1. The molecule has 1 heterocycles. The van der Waals surface area contributed by atoms with Crippen molar-refractivity contribution in [3.05, 3.63) is 35.4 Å². The average molecular weight is 300 g/mol. The number of hydrogen-bond donors (Lipinski definition) is 1. The Labute approximate surface area is 129 Å². The lowest BCUT2D eigenvalue weighted by Crippen LogP contribution is -2.31. The van der Waals surface area contributed by atoms with Gasteiger partial charge in [-0.05, 0) is 43.4 Å². The minimum absolute atomic E-state index is 0.0620. The van der Waals surface area contributed by atoms with E-state index in [0.717, 1.165) is 37.0 Å². The number of ether oxygens (including phenoxy) is 1. The summed E-state index contributed by atoms with van der Waals surface area (Å²) in [5.74, 6) is -0.247. The molecule has 116 valence electrons. The quantitative estimate of drug-likeness (QED) is 0.873. The highest BCUT2D eigenvalue weighted by Gasteiger charge is 2.23. The van der Waals surface area contributed by atoms with Gasteiger partial charge in [0.15, 0.2) is 0 Å². The van der Waals surface area contributed by atoms with Gasteiger partial charge in [0, 0.05) is 12.3 Å². The summed E-state index contributed by atoms with van der Waals surface area (Å²) in [7, 11) is 0.